The molecule has 2 fully saturated rings. The second kappa shape index (κ2) is 11.4. The Kier molecular flexibility index (Phi) is 8.86. The molecule has 0 amide bonds. The number of hydrogen-bond donors (Lipinski definition) is 2. The first-order valence-corrected chi connectivity index (χ1v) is 10.2. The van der Waals surface area contributed by atoms with Crippen molar-refractivity contribution in [3.8, 4) is 12.1 Å². The lowest BCUT2D eigenvalue weighted by Gasteiger charge is -2.27. The Morgan fingerprint density at radius 2 is 1.45 bits per heavy atom. The van der Waals surface area contributed by atoms with E-state index in [-0.39, 0.29) is 0 Å². The van der Waals surface area contributed by atoms with Crippen molar-refractivity contribution in [1.29, 1.82) is 10.5 Å². The molecule has 0 aromatic carbocycles. The van der Waals surface area contributed by atoms with E-state index in [0.29, 0.717) is 28.4 Å². The minimum Gasteiger partial charge on any atom is -0.367 e. The number of aryl methyl sites for hydroxylation is 2. The SMILES string of the molecule is Cc1cc(C#N)cc(Cl)n1.Cc1cc(C#N)cc(NC2CCC2)n1.NC1CCC1. The van der Waals surface area contributed by atoms with Gasteiger partial charge in [-0.2, -0.15) is 10.5 Å². The first-order chi connectivity index (χ1) is 13.9. The predicted octanol–water partition coefficient (Wildman–Crippen LogP) is 4.64. The molecule has 2 heterocycles. The van der Waals surface area contributed by atoms with Gasteiger partial charge in [0.15, 0.2) is 0 Å². The highest BCUT2D eigenvalue weighted by atomic mass is 35.5. The molecule has 0 atom stereocenters. The summed E-state index contributed by atoms with van der Waals surface area (Å²) in [6.07, 6.45) is 7.63. The number of nitrogens with zero attached hydrogens (tertiary/aromatic N) is 4. The predicted molar refractivity (Wildman–Crippen MR) is 115 cm³/mol. The molecule has 2 aliphatic rings. The summed E-state index contributed by atoms with van der Waals surface area (Å²) in [5.74, 6) is 0.839. The maximum atomic E-state index is 8.79. The van der Waals surface area contributed by atoms with Gasteiger partial charge in [-0.1, -0.05) is 18.0 Å². The van der Waals surface area contributed by atoms with Gasteiger partial charge in [0.05, 0.1) is 23.3 Å². The molecule has 0 aliphatic heterocycles. The van der Waals surface area contributed by atoms with E-state index in [4.69, 9.17) is 27.9 Å². The summed E-state index contributed by atoms with van der Waals surface area (Å²) in [4.78, 5) is 8.24. The van der Waals surface area contributed by atoms with E-state index in [1.807, 2.05) is 19.1 Å². The minimum atomic E-state index is 0.372. The van der Waals surface area contributed by atoms with Crippen LogP contribution >= 0.6 is 11.6 Å². The number of nitriles is 2. The van der Waals surface area contributed by atoms with Crippen molar-refractivity contribution in [1.82, 2.24) is 9.97 Å². The normalized spacial score (nSPS) is 15.1. The van der Waals surface area contributed by atoms with Crippen molar-refractivity contribution in [2.24, 2.45) is 5.73 Å². The number of pyridine rings is 2. The van der Waals surface area contributed by atoms with Crippen molar-refractivity contribution in [3.05, 3.63) is 51.9 Å². The van der Waals surface area contributed by atoms with Crippen LogP contribution in [0, 0.1) is 36.5 Å². The molecule has 2 aromatic heterocycles. The second-order valence-electron chi connectivity index (χ2n) is 7.39. The summed E-state index contributed by atoms with van der Waals surface area (Å²) in [5.41, 5.74) is 8.27. The van der Waals surface area contributed by atoms with Gasteiger partial charge in [-0.3, -0.25) is 0 Å². The Labute approximate surface area is 177 Å². The van der Waals surface area contributed by atoms with E-state index in [1.165, 1.54) is 44.6 Å². The van der Waals surface area contributed by atoms with Crippen LogP contribution < -0.4 is 11.1 Å². The Hall–Kier alpha value is -2.67. The highest BCUT2D eigenvalue weighted by Gasteiger charge is 2.17. The van der Waals surface area contributed by atoms with Crippen LogP contribution in [0.1, 0.15) is 61.0 Å². The Balaban J connectivity index is 0.000000173. The molecule has 4 rings (SSSR count). The molecule has 2 saturated carbocycles. The van der Waals surface area contributed by atoms with Crippen LogP contribution in [0.5, 0.6) is 0 Å². The zero-order valence-corrected chi connectivity index (χ0v) is 17.7. The Bertz CT molecular complexity index is 871. The number of rotatable bonds is 2. The van der Waals surface area contributed by atoms with E-state index in [0.717, 1.165) is 17.2 Å². The van der Waals surface area contributed by atoms with Gasteiger partial charge in [0.1, 0.15) is 11.0 Å². The number of nitrogens with two attached hydrogens (primary N) is 1. The van der Waals surface area contributed by atoms with Crippen LogP contribution in [0.3, 0.4) is 0 Å². The lowest BCUT2D eigenvalue weighted by atomic mass is 9.93. The molecule has 0 bridgehead atoms. The molecule has 152 valence electrons. The van der Waals surface area contributed by atoms with Crippen LogP contribution in [-0.4, -0.2) is 22.1 Å². The third-order valence-corrected chi connectivity index (χ3v) is 4.93. The van der Waals surface area contributed by atoms with Crippen LogP contribution in [0.15, 0.2) is 24.3 Å². The fraction of sp³-hybridized carbons (Fsp3) is 0.455. The van der Waals surface area contributed by atoms with Crippen LogP contribution in [-0.2, 0) is 0 Å². The minimum absolute atomic E-state index is 0.372. The topological polar surface area (TPSA) is 111 Å². The summed E-state index contributed by atoms with van der Waals surface area (Å²) in [7, 11) is 0. The zero-order chi connectivity index (χ0) is 21.2. The zero-order valence-electron chi connectivity index (χ0n) is 17.0. The third-order valence-electron chi connectivity index (χ3n) is 4.74. The molecule has 0 unspecified atom stereocenters. The van der Waals surface area contributed by atoms with Crippen molar-refractivity contribution >= 4 is 17.4 Å². The largest absolute Gasteiger partial charge is 0.367 e. The molecule has 0 spiro atoms. The summed E-state index contributed by atoms with van der Waals surface area (Å²) < 4.78 is 0. The van der Waals surface area contributed by atoms with Crippen LogP contribution in [0.25, 0.3) is 0 Å². The summed E-state index contributed by atoms with van der Waals surface area (Å²) in [6.45, 7) is 3.71. The number of halogens is 1. The number of anilines is 1. The first-order valence-electron chi connectivity index (χ1n) is 9.85. The highest BCUT2D eigenvalue weighted by molar-refractivity contribution is 6.29. The standard InChI is InChI=1S/C11H13N3.C7H5ClN2.C4H9N/c1-8-5-9(7-12)6-11(13-8)14-10-3-2-4-10;1-5-2-6(4-9)3-7(8)10-5;5-4-2-1-3-4/h5-6,10H,2-4H2,1H3,(H,13,14);2-3H,1H3;4H,1-3,5H2. The molecule has 7 heteroatoms. The average molecular weight is 411 g/mol. The number of nitrogens with one attached hydrogen (secondary N) is 1. The van der Waals surface area contributed by atoms with E-state index >= 15 is 0 Å². The lowest BCUT2D eigenvalue weighted by molar-refractivity contribution is 0.418. The van der Waals surface area contributed by atoms with Gasteiger partial charge in [-0.15, -0.1) is 0 Å². The average Bonchev–Trinajstić information content (AvgIpc) is 2.63. The lowest BCUT2D eigenvalue weighted by Crippen LogP contribution is -2.27. The summed E-state index contributed by atoms with van der Waals surface area (Å²) in [5, 5.41) is 20.9. The van der Waals surface area contributed by atoms with Crippen molar-refractivity contribution in [2.45, 2.75) is 64.5 Å². The molecule has 6 nitrogen and oxygen atoms in total. The van der Waals surface area contributed by atoms with Crippen LogP contribution in [0.4, 0.5) is 5.82 Å². The van der Waals surface area contributed by atoms with Gasteiger partial charge in [-0.05, 0) is 70.2 Å². The number of aromatic nitrogens is 2. The Morgan fingerprint density at radius 1 is 0.931 bits per heavy atom. The highest BCUT2D eigenvalue weighted by Crippen LogP contribution is 2.22. The first kappa shape index (κ1) is 22.6. The van der Waals surface area contributed by atoms with E-state index in [1.54, 1.807) is 19.1 Å². The monoisotopic (exact) mass is 410 g/mol. The fourth-order valence-electron chi connectivity index (χ4n) is 2.70. The Morgan fingerprint density at radius 3 is 1.86 bits per heavy atom. The van der Waals surface area contributed by atoms with Crippen molar-refractivity contribution in [3.63, 3.8) is 0 Å². The van der Waals surface area contributed by atoms with Gasteiger partial charge in [0.25, 0.3) is 0 Å². The maximum absolute atomic E-state index is 8.79. The molecular weight excluding hydrogens is 384 g/mol. The van der Waals surface area contributed by atoms with Gasteiger partial charge in [-0.25, -0.2) is 9.97 Å². The summed E-state index contributed by atoms with van der Waals surface area (Å²) in [6, 6.07) is 12.1. The van der Waals surface area contributed by atoms with Gasteiger partial charge >= 0.3 is 0 Å². The van der Waals surface area contributed by atoms with E-state index in [9.17, 15) is 0 Å². The quantitative estimate of drug-likeness (QED) is 0.697. The molecule has 3 N–H and O–H groups in total. The maximum Gasteiger partial charge on any atom is 0.130 e. The second-order valence-corrected chi connectivity index (χ2v) is 7.78. The van der Waals surface area contributed by atoms with Gasteiger partial charge < -0.3 is 11.1 Å². The van der Waals surface area contributed by atoms with Gasteiger partial charge in [0.2, 0.25) is 0 Å². The molecule has 2 aromatic rings. The molecule has 29 heavy (non-hydrogen) atoms. The van der Waals surface area contributed by atoms with Crippen molar-refractivity contribution < 1.29 is 0 Å². The third kappa shape index (κ3) is 8.07. The van der Waals surface area contributed by atoms with Crippen LogP contribution in [0.2, 0.25) is 5.15 Å². The van der Waals surface area contributed by atoms with E-state index < -0.39 is 0 Å². The van der Waals surface area contributed by atoms with E-state index in [2.05, 4.69) is 21.4 Å². The molecule has 0 radical (unpaired) electrons. The van der Waals surface area contributed by atoms with Gasteiger partial charge in [0, 0.05) is 23.5 Å². The smallest absolute Gasteiger partial charge is 0.130 e. The number of hydrogen-bond acceptors (Lipinski definition) is 6. The molecular formula is C22H27ClN6. The fourth-order valence-corrected chi connectivity index (χ4v) is 2.95. The van der Waals surface area contributed by atoms with Crippen molar-refractivity contribution in [2.75, 3.05) is 5.32 Å². The molecule has 2 aliphatic carbocycles. The molecule has 0 saturated heterocycles. The summed E-state index contributed by atoms with van der Waals surface area (Å²) >= 11 is 5.57.